The summed E-state index contributed by atoms with van der Waals surface area (Å²) in [4.78, 5) is 49.3. The van der Waals surface area contributed by atoms with E-state index in [2.05, 4.69) is 49.9 Å². The van der Waals surface area contributed by atoms with Gasteiger partial charge in [0.25, 0.3) is 5.91 Å². The van der Waals surface area contributed by atoms with Gasteiger partial charge in [0.2, 0.25) is 0 Å². The van der Waals surface area contributed by atoms with E-state index in [-0.39, 0.29) is 29.2 Å². The number of piperazine rings is 1. The molecule has 0 N–H and O–H groups in total. The lowest BCUT2D eigenvalue weighted by Crippen LogP contribution is -2.49. The summed E-state index contributed by atoms with van der Waals surface area (Å²) < 4.78 is 0. The van der Waals surface area contributed by atoms with E-state index in [9.17, 15) is 14.4 Å². The number of anilines is 2. The van der Waals surface area contributed by atoms with Crippen molar-refractivity contribution in [1.82, 2.24) is 9.96 Å². The van der Waals surface area contributed by atoms with Gasteiger partial charge in [-0.1, -0.05) is 59.7 Å². The van der Waals surface area contributed by atoms with Gasteiger partial charge in [-0.2, -0.15) is 5.06 Å². The predicted octanol–water partition coefficient (Wildman–Crippen LogP) is 5.08. The minimum absolute atomic E-state index is 0.00853. The summed E-state index contributed by atoms with van der Waals surface area (Å²) in [6, 6.07) is 15.2. The molecule has 8 nitrogen and oxygen atoms in total. The first-order valence-corrected chi connectivity index (χ1v) is 13.4. The molecule has 0 bridgehead atoms. The Kier molecular flexibility index (Phi) is 7.72. The van der Waals surface area contributed by atoms with E-state index >= 15 is 0 Å². The van der Waals surface area contributed by atoms with E-state index in [1.165, 1.54) is 11.3 Å². The summed E-state index contributed by atoms with van der Waals surface area (Å²) in [7, 11) is 0. The number of carbonyl (C=O) groups excluding carboxylic acids is 3. The fourth-order valence-corrected chi connectivity index (χ4v) is 4.93. The molecule has 2 fully saturated rings. The Balaban J connectivity index is 1.34. The highest BCUT2D eigenvalue weighted by molar-refractivity contribution is 5.97. The topological polar surface area (TPSA) is 73.4 Å². The molecule has 38 heavy (non-hydrogen) atoms. The average Bonchev–Trinajstić information content (AvgIpc) is 3.21. The van der Waals surface area contributed by atoms with Crippen LogP contribution in [0.1, 0.15) is 63.9 Å². The van der Waals surface area contributed by atoms with Crippen molar-refractivity contribution in [3.63, 3.8) is 0 Å². The Bertz CT molecular complexity index is 1170. The molecule has 0 spiro atoms. The third kappa shape index (κ3) is 6.29. The van der Waals surface area contributed by atoms with Crippen molar-refractivity contribution >= 4 is 29.3 Å². The molecule has 8 heteroatoms. The summed E-state index contributed by atoms with van der Waals surface area (Å²) in [5, 5.41) is 1.12. The van der Waals surface area contributed by atoms with Crippen LogP contribution in [0, 0.1) is 5.41 Å². The highest BCUT2D eigenvalue weighted by atomic mass is 16.7. The van der Waals surface area contributed by atoms with E-state index in [4.69, 9.17) is 4.84 Å². The fourth-order valence-electron chi connectivity index (χ4n) is 4.93. The minimum atomic E-state index is -0.421. The van der Waals surface area contributed by atoms with Gasteiger partial charge in [0.15, 0.2) is 0 Å². The number of amides is 3. The summed E-state index contributed by atoms with van der Waals surface area (Å²) >= 11 is 0. The predicted molar refractivity (Wildman–Crippen MR) is 149 cm³/mol. The molecule has 2 saturated heterocycles. The van der Waals surface area contributed by atoms with Gasteiger partial charge < -0.3 is 14.6 Å². The highest BCUT2D eigenvalue weighted by Gasteiger charge is 2.34. The van der Waals surface area contributed by atoms with E-state index in [0.717, 1.165) is 18.2 Å². The van der Waals surface area contributed by atoms with Crippen LogP contribution in [0.15, 0.2) is 48.5 Å². The van der Waals surface area contributed by atoms with Gasteiger partial charge in [-0.3, -0.25) is 9.69 Å². The van der Waals surface area contributed by atoms with Crippen molar-refractivity contribution < 1.29 is 19.2 Å². The number of benzene rings is 2. The minimum Gasteiger partial charge on any atom is -0.368 e. The van der Waals surface area contributed by atoms with Gasteiger partial charge in [0, 0.05) is 49.7 Å². The Morgan fingerprint density at radius 1 is 0.816 bits per heavy atom. The molecule has 2 aromatic carbocycles. The van der Waals surface area contributed by atoms with E-state index in [1.54, 1.807) is 29.2 Å². The van der Waals surface area contributed by atoms with Crippen LogP contribution < -0.4 is 9.80 Å². The molecule has 0 aliphatic carbocycles. The first-order chi connectivity index (χ1) is 17.8. The lowest BCUT2D eigenvalue weighted by atomic mass is 9.85. The average molecular weight is 521 g/mol. The summed E-state index contributed by atoms with van der Waals surface area (Å²) in [5.74, 6) is -0.429. The molecule has 0 saturated carbocycles. The fraction of sp³-hybridized carbons (Fsp3) is 0.500. The van der Waals surface area contributed by atoms with Gasteiger partial charge in [-0.15, -0.1) is 0 Å². The number of hydrogen-bond donors (Lipinski definition) is 0. The Hall–Kier alpha value is -3.55. The first-order valence-electron chi connectivity index (χ1n) is 13.4. The zero-order valence-corrected chi connectivity index (χ0v) is 23.5. The quantitative estimate of drug-likeness (QED) is 0.550. The van der Waals surface area contributed by atoms with Gasteiger partial charge in [0.1, 0.15) is 0 Å². The molecule has 2 aliphatic rings. The second kappa shape index (κ2) is 10.7. The van der Waals surface area contributed by atoms with Crippen LogP contribution >= 0.6 is 0 Å². The third-order valence-corrected chi connectivity index (χ3v) is 6.90. The maximum absolute atomic E-state index is 13.2. The Labute approximate surface area is 226 Å². The Morgan fingerprint density at radius 3 is 2.05 bits per heavy atom. The lowest BCUT2D eigenvalue weighted by Gasteiger charge is -2.38. The number of hydroxylamine groups is 2. The zero-order valence-electron chi connectivity index (χ0n) is 23.5. The van der Waals surface area contributed by atoms with E-state index < -0.39 is 5.97 Å². The molecular formula is C30H40N4O4. The molecule has 2 aliphatic heterocycles. The molecule has 2 aromatic rings. The number of carbonyl (C=O) groups is 3. The summed E-state index contributed by atoms with van der Waals surface area (Å²) in [5.41, 5.74) is 3.65. The van der Waals surface area contributed by atoms with Gasteiger partial charge in [-0.05, 0) is 46.7 Å². The monoisotopic (exact) mass is 520 g/mol. The summed E-state index contributed by atoms with van der Waals surface area (Å²) in [6.07, 6.45) is 0.227. The van der Waals surface area contributed by atoms with Crippen molar-refractivity contribution in [2.24, 2.45) is 5.41 Å². The van der Waals surface area contributed by atoms with Crippen LogP contribution in [0.4, 0.5) is 16.2 Å². The molecule has 3 amide bonds. The molecule has 0 unspecified atom stereocenters. The Morgan fingerprint density at radius 2 is 1.45 bits per heavy atom. The van der Waals surface area contributed by atoms with Crippen molar-refractivity contribution in [3.05, 3.63) is 59.7 Å². The SMILES string of the molecule is CC(C)(C)CC(=O)ON1CCN(c2ccc(C(=O)N3CCN(c4ccccc4C(C)(C)C)CC3)cc2)C1=O. The van der Waals surface area contributed by atoms with E-state index in [1.807, 2.05) is 25.7 Å². The standard InChI is InChI=1S/C30H40N4O4/c1-29(2,3)21-26(35)38-34-20-19-33(28(34)37)23-13-11-22(12-14-23)27(36)32-17-15-31(16-18-32)25-10-8-7-9-24(25)30(4,5)6/h7-14H,15-21H2,1-6H3. The second-order valence-corrected chi connectivity index (χ2v) is 12.3. The first kappa shape index (κ1) is 27.5. The van der Waals surface area contributed by atoms with Crippen LogP contribution in [-0.2, 0) is 15.0 Å². The molecule has 204 valence electrons. The number of rotatable bonds is 5. The maximum atomic E-state index is 13.2. The number of para-hydroxylation sites is 1. The molecular weight excluding hydrogens is 480 g/mol. The van der Waals surface area contributed by atoms with Crippen molar-refractivity contribution in [2.45, 2.75) is 53.4 Å². The van der Waals surface area contributed by atoms with Gasteiger partial charge in [-0.25, -0.2) is 9.59 Å². The lowest BCUT2D eigenvalue weighted by molar-refractivity contribution is -0.175. The molecule has 0 radical (unpaired) electrons. The molecule has 4 rings (SSSR count). The van der Waals surface area contributed by atoms with Crippen molar-refractivity contribution in [2.75, 3.05) is 49.1 Å². The van der Waals surface area contributed by atoms with Crippen LogP contribution in [0.5, 0.6) is 0 Å². The van der Waals surface area contributed by atoms with Crippen LogP contribution in [-0.4, -0.2) is 67.1 Å². The number of nitrogens with zero attached hydrogens (tertiary/aromatic N) is 4. The molecule has 2 heterocycles. The van der Waals surface area contributed by atoms with Crippen LogP contribution in [0.3, 0.4) is 0 Å². The van der Waals surface area contributed by atoms with Crippen LogP contribution in [0.25, 0.3) is 0 Å². The van der Waals surface area contributed by atoms with E-state index in [0.29, 0.717) is 37.4 Å². The van der Waals surface area contributed by atoms with Gasteiger partial charge >= 0.3 is 12.0 Å². The van der Waals surface area contributed by atoms with Gasteiger partial charge in [0.05, 0.1) is 13.0 Å². The largest absolute Gasteiger partial charge is 0.368 e. The normalized spacial score (nSPS) is 16.7. The summed E-state index contributed by atoms with van der Waals surface area (Å²) in [6.45, 7) is 16.1. The molecule has 0 aromatic heterocycles. The smallest absolute Gasteiger partial charge is 0.357 e. The maximum Gasteiger partial charge on any atom is 0.357 e. The van der Waals surface area contributed by atoms with Crippen molar-refractivity contribution in [1.29, 1.82) is 0 Å². The number of urea groups is 1. The molecule has 0 atom stereocenters. The zero-order chi connectivity index (χ0) is 27.7. The third-order valence-electron chi connectivity index (χ3n) is 6.90. The highest BCUT2D eigenvalue weighted by Crippen LogP contribution is 2.32. The van der Waals surface area contributed by atoms with Crippen molar-refractivity contribution in [3.8, 4) is 0 Å². The van der Waals surface area contributed by atoms with Crippen LogP contribution in [0.2, 0.25) is 0 Å². The number of hydrogen-bond acceptors (Lipinski definition) is 5. The second-order valence-electron chi connectivity index (χ2n) is 12.3.